The molecule has 4 heteroatoms. The zero-order valence-corrected chi connectivity index (χ0v) is 10.9. The Hall–Kier alpha value is -2.33. The van der Waals surface area contributed by atoms with E-state index in [2.05, 4.69) is 9.97 Å². The van der Waals surface area contributed by atoms with Crippen LogP contribution < -0.4 is 0 Å². The molecular weight excluding hydrogens is 255 g/mol. The Morgan fingerprint density at radius 1 is 1.10 bits per heavy atom. The second-order valence-electron chi connectivity index (χ2n) is 4.68. The van der Waals surface area contributed by atoms with Gasteiger partial charge in [0, 0.05) is 18.0 Å². The largest absolute Gasteiger partial charge is 0.384 e. The summed E-state index contributed by atoms with van der Waals surface area (Å²) in [7, 11) is 0. The van der Waals surface area contributed by atoms with Crippen LogP contribution in [0.4, 0.5) is 4.39 Å². The molecule has 3 rings (SSSR count). The minimum absolute atomic E-state index is 0.326. The molecule has 1 atom stereocenters. The first-order chi connectivity index (χ1) is 9.66. The third-order valence-electron chi connectivity index (χ3n) is 3.34. The van der Waals surface area contributed by atoms with Gasteiger partial charge >= 0.3 is 0 Å². The highest BCUT2D eigenvalue weighted by Gasteiger charge is 2.15. The van der Waals surface area contributed by atoms with Crippen molar-refractivity contribution in [2.75, 3.05) is 0 Å². The van der Waals surface area contributed by atoms with Crippen molar-refractivity contribution in [2.45, 2.75) is 13.0 Å². The van der Waals surface area contributed by atoms with E-state index < -0.39 is 6.10 Å². The maximum absolute atomic E-state index is 13.6. The first kappa shape index (κ1) is 12.7. The van der Waals surface area contributed by atoms with Crippen LogP contribution in [0.25, 0.3) is 11.0 Å². The van der Waals surface area contributed by atoms with E-state index in [9.17, 15) is 9.50 Å². The third-order valence-corrected chi connectivity index (χ3v) is 3.34. The van der Waals surface area contributed by atoms with Crippen molar-refractivity contribution in [1.82, 2.24) is 9.97 Å². The molecule has 3 nitrogen and oxygen atoms in total. The lowest BCUT2D eigenvalue weighted by atomic mass is 9.99. The molecule has 100 valence electrons. The van der Waals surface area contributed by atoms with E-state index in [0.717, 1.165) is 0 Å². The van der Waals surface area contributed by atoms with Crippen LogP contribution in [0.1, 0.15) is 22.8 Å². The van der Waals surface area contributed by atoms with Crippen molar-refractivity contribution in [3.63, 3.8) is 0 Å². The molecule has 0 aliphatic carbocycles. The average Bonchev–Trinajstić information content (AvgIpc) is 2.49. The maximum atomic E-state index is 13.6. The minimum atomic E-state index is -0.925. The number of aliphatic hydroxyl groups is 1. The van der Waals surface area contributed by atoms with E-state index >= 15 is 0 Å². The summed E-state index contributed by atoms with van der Waals surface area (Å²) in [6.45, 7) is 1.69. The number of rotatable bonds is 2. The smallest absolute Gasteiger partial charge is 0.126 e. The topological polar surface area (TPSA) is 46.0 Å². The highest BCUT2D eigenvalue weighted by Crippen LogP contribution is 2.27. The molecule has 0 amide bonds. The molecule has 0 saturated carbocycles. The molecule has 1 aromatic heterocycles. The molecule has 2 aromatic carbocycles. The van der Waals surface area contributed by atoms with Gasteiger partial charge in [0.25, 0.3) is 0 Å². The van der Waals surface area contributed by atoms with Gasteiger partial charge in [-0.1, -0.05) is 24.3 Å². The number of aryl methyl sites for hydroxylation is 1. The predicted molar refractivity (Wildman–Crippen MR) is 74.7 cm³/mol. The first-order valence-electron chi connectivity index (χ1n) is 6.30. The molecule has 0 spiro atoms. The highest BCUT2D eigenvalue weighted by atomic mass is 19.1. The average molecular weight is 268 g/mol. The maximum Gasteiger partial charge on any atom is 0.126 e. The van der Waals surface area contributed by atoms with Gasteiger partial charge in [-0.25, -0.2) is 4.39 Å². The number of nitrogens with zero attached hydrogens (tertiary/aromatic N) is 2. The number of benzene rings is 2. The van der Waals surface area contributed by atoms with Gasteiger partial charge in [0.1, 0.15) is 11.9 Å². The first-order valence-corrected chi connectivity index (χ1v) is 6.30. The second-order valence-corrected chi connectivity index (χ2v) is 4.68. The Balaban J connectivity index is 2.12. The Morgan fingerprint density at radius 3 is 2.70 bits per heavy atom. The van der Waals surface area contributed by atoms with Crippen LogP contribution in [-0.2, 0) is 0 Å². The van der Waals surface area contributed by atoms with Gasteiger partial charge in [0.2, 0.25) is 0 Å². The normalized spacial score (nSPS) is 12.6. The number of hydrogen-bond acceptors (Lipinski definition) is 3. The van der Waals surface area contributed by atoms with E-state index in [0.29, 0.717) is 27.7 Å². The minimum Gasteiger partial charge on any atom is -0.384 e. The Bertz CT molecular complexity index is 768. The summed E-state index contributed by atoms with van der Waals surface area (Å²) in [6, 6.07) is 10.1. The van der Waals surface area contributed by atoms with Crippen LogP contribution >= 0.6 is 0 Å². The summed E-state index contributed by atoms with van der Waals surface area (Å²) in [6.07, 6.45) is 2.25. The fraction of sp³-hybridized carbons (Fsp3) is 0.125. The quantitative estimate of drug-likeness (QED) is 0.776. The molecule has 0 aliphatic heterocycles. The predicted octanol–water partition coefficient (Wildman–Crippen LogP) is 3.16. The van der Waals surface area contributed by atoms with Gasteiger partial charge in [0.15, 0.2) is 0 Å². The summed E-state index contributed by atoms with van der Waals surface area (Å²) >= 11 is 0. The third kappa shape index (κ3) is 2.14. The number of hydrogen-bond donors (Lipinski definition) is 1. The number of aliphatic hydroxyl groups excluding tert-OH is 1. The highest BCUT2D eigenvalue weighted by molar-refractivity contribution is 5.78. The molecule has 1 N–H and O–H groups in total. The van der Waals surface area contributed by atoms with E-state index in [1.807, 2.05) is 6.07 Å². The zero-order valence-electron chi connectivity index (χ0n) is 10.9. The van der Waals surface area contributed by atoms with Gasteiger partial charge in [-0.2, -0.15) is 0 Å². The molecule has 20 heavy (non-hydrogen) atoms. The van der Waals surface area contributed by atoms with Gasteiger partial charge < -0.3 is 5.11 Å². The fourth-order valence-electron chi connectivity index (χ4n) is 2.19. The fourth-order valence-corrected chi connectivity index (χ4v) is 2.19. The van der Waals surface area contributed by atoms with Gasteiger partial charge in [0.05, 0.1) is 11.0 Å². The van der Waals surface area contributed by atoms with Crippen LogP contribution in [0.15, 0.2) is 48.8 Å². The second kappa shape index (κ2) is 4.98. The zero-order chi connectivity index (χ0) is 14.1. The van der Waals surface area contributed by atoms with Crippen molar-refractivity contribution in [1.29, 1.82) is 0 Å². The van der Waals surface area contributed by atoms with Crippen LogP contribution in [0.5, 0.6) is 0 Å². The van der Waals surface area contributed by atoms with Crippen LogP contribution in [0.3, 0.4) is 0 Å². The van der Waals surface area contributed by atoms with Crippen molar-refractivity contribution < 1.29 is 9.50 Å². The van der Waals surface area contributed by atoms with Crippen molar-refractivity contribution in [3.8, 4) is 0 Å². The molecule has 0 fully saturated rings. The summed E-state index contributed by atoms with van der Waals surface area (Å²) in [5, 5.41) is 10.5. The van der Waals surface area contributed by atoms with Crippen molar-refractivity contribution in [2.24, 2.45) is 0 Å². The van der Waals surface area contributed by atoms with E-state index in [1.165, 1.54) is 6.07 Å². The number of aromatic nitrogens is 2. The Kier molecular flexibility index (Phi) is 3.16. The Morgan fingerprint density at radius 2 is 1.90 bits per heavy atom. The molecule has 0 bridgehead atoms. The van der Waals surface area contributed by atoms with Crippen LogP contribution in [-0.4, -0.2) is 15.1 Å². The lowest BCUT2D eigenvalue weighted by Crippen LogP contribution is -2.03. The molecular formula is C16H13FN2O. The molecule has 1 heterocycles. The Labute approximate surface area is 115 Å². The summed E-state index contributed by atoms with van der Waals surface area (Å²) < 4.78 is 13.6. The molecule has 3 aromatic rings. The van der Waals surface area contributed by atoms with Gasteiger partial charge in [-0.15, -0.1) is 0 Å². The molecule has 0 saturated heterocycles. The monoisotopic (exact) mass is 268 g/mol. The van der Waals surface area contributed by atoms with E-state index in [-0.39, 0.29) is 5.82 Å². The molecule has 0 aliphatic rings. The standard InChI is InChI=1S/C16H13FN2O/c1-10-5-6-11(9-13(10)17)16(20)12-3-2-4-14-15(12)19-8-7-18-14/h2-9,16,20H,1H3. The lowest BCUT2D eigenvalue weighted by molar-refractivity contribution is 0.221. The number of fused-ring (bicyclic) bond motifs is 1. The molecule has 0 radical (unpaired) electrons. The lowest BCUT2D eigenvalue weighted by Gasteiger charge is -2.13. The van der Waals surface area contributed by atoms with Crippen molar-refractivity contribution in [3.05, 3.63) is 71.3 Å². The SMILES string of the molecule is Cc1ccc(C(O)c2cccc3nccnc23)cc1F. The van der Waals surface area contributed by atoms with E-state index in [1.54, 1.807) is 43.6 Å². The van der Waals surface area contributed by atoms with Crippen molar-refractivity contribution >= 4 is 11.0 Å². The number of halogens is 1. The summed E-state index contributed by atoms with van der Waals surface area (Å²) in [4.78, 5) is 8.45. The summed E-state index contributed by atoms with van der Waals surface area (Å²) in [5.74, 6) is -0.326. The van der Waals surface area contributed by atoms with Crippen LogP contribution in [0, 0.1) is 12.7 Å². The number of para-hydroxylation sites is 1. The van der Waals surface area contributed by atoms with Gasteiger partial charge in [-0.3, -0.25) is 9.97 Å². The molecule has 1 unspecified atom stereocenters. The van der Waals surface area contributed by atoms with E-state index in [4.69, 9.17) is 0 Å². The van der Waals surface area contributed by atoms with Gasteiger partial charge in [-0.05, 0) is 30.2 Å². The summed E-state index contributed by atoms with van der Waals surface area (Å²) in [5.41, 5.74) is 3.02. The van der Waals surface area contributed by atoms with Crippen LogP contribution in [0.2, 0.25) is 0 Å².